The van der Waals surface area contributed by atoms with Crippen LogP contribution in [0.2, 0.25) is 0 Å². The van der Waals surface area contributed by atoms with Crippen LogP contribution in [0, 0.1) is 13.0 Å². The van der Waals surface area contributed by atoms with Gasteiger partial charge in [-0.15, -0.1) is 0 Å². The molecular weight excluding hydrogens is 204 g/mol. The molecule has 0 fully saturated rings. The zero-order valence-electron chi connectivity index (χ0n) is 9.62. The highest BCUT2D eigenvalue weighted by Crippen LogP contribution is 2.34. The first-order valence-corrected chi connectivity index (χ1v) is 5.89. The summed E-state index contributed by atoms with van der Waals surface area (Å²) in [4.78, 5) is 0. The Labute approximate surface area is 99.8 Å². The third-order valence-corrected chi connectivity index (χ3v) is 3.52. The van der Waals surface area contributed by atoms with Crippen LogP contribution in [0.15, 0.2) is 48.5 Å². The molecule has 4 aromatic rings. The van der Waals surface area contributed by atoms with Crippen LogP contribution in [-0.4, -0.2) is 0 Å². The van der Waals surface area contributed by atoms with Gasteiger partial charge in [0.05, 0.1) is 0 Å². The van der Waals surface area contributed by atoms with Crippen molar-refractivity contribution in [3.63, 3.8) is 0 Å². The molecule has 0 aliphatic carbocycles. The van der Waals surface area contributed by atoms with Gasteiger partial charge in [-0.3, -0.25) is 0 Å². The Bertz CT molecular complexity index is 776. The average molecular weight is 215 g/mol. The molecular formula is C17H11. The van der Waals surface area contributed by atoms with E-state index in [9.17, 15) is 0 Å². The number of benzene rings is 4. The summed E-state index contributed by atoms with van der Waals surface area (Å²) in [6, 6.07) is 20.9. The number of hydrogen-bond donors (Lipinski definition) is 0. The molecule has 0 heteroatoms. The Morgan fingerprint density at radius 1 is 0.824 bits per heavy atom. The van der Waals surface area contributed by atoms with Crippen LogP contribution in [0.1, 0.15) is 5.56 Å². The normalized spacial score (nSPS) is 11.8. The lowest BCUT2D eigenvalue weighted by Gasteiger charge is -2.10. The van der Waals surface area contributed by atoms with Crippen LogP contribution in [-0.2, 0) is 0 Å². The van der Waals surface area contributed by atoms with Gasteiger partial charge in [0.2, 0.25) is 0 Å². The third-order valence-electron chi connectivity index (χ3n) is 3.52. The van der Waals surface area contributed by atoms with E-state index in [0.717, 1.165) is 0 Å². The number of hydrogen-bond acceptors (Lipinski definition) is 0. The van der Waals surface area contributed by atoms with Crippen molar-refractivity contribution < 1.29 is 0 Å². The van der Waals surface area contributed by atoms with Gasteiger partial charge in [0.15, 0.2) is 0 Å². The lowest BCUT2D eigenvalue weighted by Crippen LogP contribution is -1.84. The predicted octanol–water partition coefficient (Wildman–Crippen LogP) is 4.69. The van der Waals surface area contributed by atoms with Gasteiger partial charge in [0, 0.05) is 0 Å². The molecule has 0 heterocycles. The third kappa shape index (κ3) is 1.13. The lowest BCUT2D eigenvalue weighted by molar-refractivity contribution is 1.52. The summed E-state index contributed by atoms with van der Waals surface area (Å²) in [6.45, 7) is 2.14. The molecule has 0 saturated carbocycles. The second-order valence-electron chi connectivity index (χ2n) is 4.71. The first-order chi connectivity index (χ1) is 8.33. The maximum absolute atomic E-state index is 3.40. The van der Waals surface area contributed by atoms with Crippen LogP contribution in [0.5, 0.6) is 0 Å². The van der Waals surface area contributed by atoms with E-state index in [2.05, 4.69) is 61.5 Å². The van der Waals surface area contributed by atoms with Crippen molar-refractivity contribution in [3.8, 4) is 0 Å². The molecule has 0 amide bonds. The summed E-state index contributed by atoms with van der Waals surface area (Å²) in [5.41, 5.74) is 1.30. The van der Waals surface area contributed by atoms with Crippen molar-refractivity contribution in [2.75, 3.05) is 0 Å². The molecule has 4 aromatic carbocycles. The topological polar surface area (TPSA) is 0 Å². The first kappa shape index (κ1) is 9.00. The minimum atomic E-state index is 1.23. The maximum atomic E-state index is 3.40. The van der Waals surface area contributed by atoms with Gasteiger partial charge in [-0.1, -0.05) is 42.5 Å². The molecule has 79 valence electrons. The van der Waals surface area contributed by atoms with Gasteiger partial charge >= 0.3 is 0 Å². The molecule has 0 N–H and O–H groups in total. The number of rotatable bonds is 0. The fraction of sp³-hybridized carbons (Fsp3) is 0.0588. The maximum Gasteiger partial charge on any atom is -0.00204 e. The van der Waals surface area contributed by atoms with Crippen LogP contribution in [0.25, 0.3) is 32.3 Å². The highest BCUT2D eigenvalue weighted by molar-refractivity contribution is 6.22. The summed E-state index contributed by atoms with van der Waals surface area (Å²) in [5, 5.41) is 7.87. The van der Waals surface area contributed by atoms with E-state index in [1.54, 1.807) is 0 Å². The molecule has 0 aliphatic heterocycles. The van der Waals surface area contributed by atoms with Crippen molar-refractivity contribution >= 4 is 32.3 Å². The second-order valence-corrected chi connectivity index (χ2v) is 4.71. The molecule has 1 radical (unpaired) electrons. The number of aryl methyl sites for hydroxylation is 1. The van der Waals surface area contributed by atoms with Crippen molar-refractivity contribution in [1.82, 2.24) is 0 Å². The largest absolute Gasteiger partial charge is 0.0610 e. The van der Waals surface area contributed by atoms with Gasteiger partial charge in [-0.25, -0.2) is 0 Å². The van der Waals surface area contributed by atoms with Crippen LogP contribution < -0.4 is 0 Å². The Morgan fingerprint density at radius 3 is 2.59 bits per heavy atom. The van der Waals surface area contributed by atoms with E-state index < -0.39 is 0 Å². The SMILES string of the molecule is Cc1cc2[c]cc3cccc4ccc(c1)c2c34. The zero-order chi connectivity index (χ0) is 11.4. The minimum Gasteiger partial charge on any atom is -0.0610 e. The van der Waals surface area contributed by atoms with Crippen molar-refractivity contribution in [2.24, 2.45) is 0 Å². The highest BCUT2D eigenvalue weighted by atomic mass is 14.1. The van der Waals surface area contributed by atoms with Gasteiger partial charge in [0.25, 0.3) is 0 Å². The van der Waals surface area contributed by atoms with E-state index in [0.29, 0.717) is 0 Å². The van der Waals surface area contributed by atoms with Crippen LogP contribution >= 0.6 is 0 Å². The van der Waals surface area contributed by atoms with Crippen molar-refractivity contribution in [3.05, 3.63) is 60.2 Å². The van der Waals surface area contributed by atoms with Gasteiger partial charge in [-0.2, -0.15) is 0 Å². The van der Waals surface area contributed by atoms with Crippen molar-refractivity contribution in [1.29, 1.82) is 0 Å². The standard InChI is InChI=1S/C17H11/c1-11-9-14-7-5-12-3-2-4-13-6-8-15(10-11)17(14)16(12)13/h2-7,9-10H,1H3. The van der Waals surface area contributed by atoms with E-state index >= 15 is 0 Å². The Hall–Kier alpha value is -2.08. The smallest absolute Gasteiger partial charge is 0.00204 e. The quantitative estimate of drug-likeness (QED) is 0.373. The summed E-state index contributed by atoms with van der Waals surface area (Å²) >= 11 is 0. The molecule has 0 saturated heterocycles. The van der Waals surface area contributed by atoms with E-state index in [1.807, 2.05) is 0 Å². The molecule has 0 nitrogen and oxygen atoms in total. The van der Waals surface area contributed by atoms with Gasteiger partial charge in [0.1, 0.15) is 0 Å². The van der Waals surface area contributed by atoms with Crippen LogP contribution in [0.3, 0.4) is 0 Å². The van der Waals surface area contributed by atoms with E-state index in [4.69, 9.17) is 0 Å². The fourth-order valence-electron chi connectivity index (χ4n) is 2.81. The summed E-state index contributed by atoms with van der Waals surface area (Å²) < 4.78 is 0. The Balaban J connectivity index is 2.45. The molecule has 0 unspecified atom stereocenters. The monoisotopic (exact) mass is 215 g/mol. The Morgan fingerprint density at radius 2 is 1.65 bits per heavy atom. The van der Waals surface area contributed by atoms with Crippen LogP contribution in [0.4, 0.5) is 0 Å². The van der Waals surface area contributed by atoms with E-state index in [-0.39, 0.29) is 0 Å². The molecule has 0 atom stereocenters. The molecule has 0 aliphatic rings. The fourth-order valence-corrected chi connectivity index (χ4v) is 2.81. The van der Waals surface area contributed by atoms with Gasteiger partial charge in [-0.05, 0) is 56.9 Å². The highest BCUT2D eigenvalue weighted by Gasteiger charge is 2.07. The van der Waals surface area contributed by atoms with E-state index in [1.165, 1.54) is 37.9 Å². The Kier molecular flexibility index (Phi) is 1.58. The lowest BCUT2D eigenvalue weighted by atomic mass is 9.93. The molecule has 4 rings (SSSR count). The molecule has 0 aromatic heterocycles. The molecule has 0 spiro atoms. The first-order valence-electron chi connectivity index (χ1n) is 5.89. The molecule has 0 bridgehead atoms. The molecule has 17 heavy (non-hydrogen) atoms. The second kappa shape index (κ2) is 2.98. The van der Waals surface area contributed by atoms with Crippen molar-refractivity contribution in [2.45, 2.75) is 6.92 Å². The predicted molar refractivity (Wildman–Crippen MR) is 73.7 cm³/mol. The van der Waals surface area contributed by atoms with Gasteiger partial charge < -0.3 is 0 Å². The summed E-state index contributed by atoms with van der Waals surface area (Å²) in [7, 11) is 0. The zero-order valence-corrected chi connectivity index (χ0v) is 9.62. The average Bonchev–Trinajstić information content (AvgIpc) is 2.35. The summed E-state index contributed by atoms with van der Waals surface area (Å²) in [6.07, 6.45) is 0. The summed E-state index contributed by atoms with van der Waals surface area (Å²) in [5.74, 6) is 0. The minimum absolute atomic E-state index is 1.23.